The molecule has 0 heterocycles. The Morgan fingerprint density at radius 3 is 1.68 bits per heavy atom. The fourth-order valence-corrected chi connectivity index (χ4v) is 2.74. The average Bonchev–Trinajstić information content (AvgIpc) is 2.59. The van der Waals surface area contributed by atoms with E-state index in [1.165, 1.54) is 16.7 Å². The third-order valence-electron chi connectivity index (χ3n) is 3.60. The van der Waals surface area contributed by atoms with E-state index in [-0.39, 0.29) is 0 Å². The molecule has 0 fully saturated rings. The number of ether oxygens (including phenoxy) is 3. The van der Waals surface area contributed by atoms with Crippen LogP contribution in [0.2, 0.25) is 0 Å². The maximum atomic E-state index is 5.39. The minimum absolute atomic E-state index is 0.635. The van der Waals surface area contributed by atoms with Crippen LogP contribution in [-0.4, -0.2) is 21.3 Å². The van der Waals surface area contributed by atoms with Crippen LogP contribution in [-0.2, 0) is 18.2 Å². The van der Waals surface area contributed by atoms with E-state index in [0.29, 0.717) is 17.2 Å². The van der Waals surface area contributed by atoms with E-state index in [1.54, 1.807) is 21.3 Å². The second-order valence-corrected chi connectivity index (χ2v) is 5.54. The minimum atomic E-state index is 0.635. The molecule has 2 aromatic carbocycles. The van der Waals surface area contributed by atoms with Gasteiger partial charge in [-0.3, -0.25) is 0 Å². The zero-order valence-electron chi connectivity index (χ0n) is 13.2. The summed E-state index contributed by atoms with van der Waals surface area (Å²) in [4.78, 5) is 0. The van der Waals surface area contributed by atoms with Gasteiger partial charge in [0.15, 0.2) is 11.5 Å². The molecular formula is C18H21BrO3. The largest absolute Gasteiger partial charge is 0.493 e. The van der Waals surface area contributed by atoms with E-state index >= 15 is 0 Å². The molecular weight excluding hydrogens is 344 g/mol. The lowest BCUT2D eigenvalue weighted by Crippen LogP contribution is -1.98. The highest BCUT2D eigenvalue weighted by molar-refractivity contribution is 9.08. The van der Waals surface area contributed by atoms with Crippen molar-refractivity contribution in [2.45, 2.75) is 18.2 Å². The van der Waals surface area contributed by atoms with Crippen molar-refractivity contribution in [3.8, 4) is 17.2 Å². The molecule has 0 amide bonds. The molecule has 0 atom stereocenters. The topological polar surface area (TPSA) is 27.7 Å². The molecule has 0 N–H and O–H groups in total. The number of methoxy groups -OCH3 is 3. The molecule has 4 heteroatoms. The molecule has 0 aliphatic heterocycles. The second kappa shape index (κ2) is 8.08. The first-order valence-electron chi connectivity index (χ1n) is 7.14. The molecule has 0 aliphatic rings. The number of benzene rings is 2. The van der Waals surface area contributed by atoms with Crippen LogP contribution >= 0.6 is 15.9 Å². The van der Waals surface area contributed by atoms with Gasteiger partial charge in [-0.05, 0) is 41.7 Å². The van der Waals surface area contributed by atoms with Crippen molar-refractivity contribution in [1.29, 1.82) is 0 Å². The van der Waals surface area contributed by atoms with E-state index in [0.717, 1.165) is 18.2 Å². The van der Waals surface area contributed by atoms with Crippen LogP contribution in [0.3, 0.4) is 0 Å². The average molecular weight is 365 g/mol. The van der Waals surface area contributed by atoms with Gasteiger partial charge in [0, 0.05) is 5.33 Å². The van der Waals surface area contributed by atoms with E-state index in [9.17, 15) is 0 Å². The Kier molecular flexibility index (Phi) is 6.13. The summed E-state index contributed by atoms with van der Waals surface area (Å²) in [5, 5.41) is 0.889. The van der Waals surface area contributed by atoms with Gasteiger partial charge in [-0.2, -0.15) is 0 Å². The summed E-state index contributed by atoms with van der Waals surface area (Å²) in [5.74, 6) is 2.04. The summed E-state index contributed by atoms with van der Waals surface area (Å²) in [6, 6.07) is 12.7. The molecule has 0 saturated heterocycles. The first kappa shape index (κ1) is 16.7. The molecule has 0 spiro atoms. The summed E-state index contributed by atoms with van der Waals surface area (Å²) in [5.41, 5.74) is 3.77. The number of aryl methyl sites for hydroxylation is 2. The van der Waals surface area contributed by atoms with Crippen LogP contribution in [0.15, 0.2) is 36.4 Å². The molecule has 0 radical (unpaired) electrons. The third kappa shape index (κ3) is 3.95. The second-order valence-electron chi connectivity index (χ2n) is 4.98. The monoisotopic (exact) mass is 364 g/mol. The quantitative estimate of drug-likeness (QED) is 0.681. The number of rotatable bonds is 7. The van der Waals surface area contributed by atoms with Crippen molar-refractivity contribution in [2.75, 3.05) is 21.3 Å². The van der Waals surface area contributed by atoms with Gasteiger partial charge in [0.1, 0.15) is 0 Å². The Hall–Kier alpha value is -1.68. The summed E-state index contributed by atoms with van der Waals surface area (Å²) in [6.07, 6.45) is 1.89. The normalized spacial score (nSPS) is 10.4. The van der Waals surface area contributed by atoms with Gasteiger partial charge in [-0.15, -0.1) is 0 Å². The number of alkyl halides is 1. The highest BCUT2D eigenvalue weighted by Gasteiger charge is 2.13. The standard InChI is InChI=1S/C18H21BrO3/c1-20-16-10-15(11-17(21-2)18(16)22-3)9-6-13-4-7-14(12-19)8-5-13/h4-5,7-8,10-11H,6,9,12H2,1-3H3. The van der Waals surface area contributed by atoms with Crippen molar-refractivity contribution in [3.05, 3.63) is 53.1 Å². The van der Waals surface area contributed by atoms with Gasteiger partial charge in [0.05, 0.1) is 21.3 Å². The van der Waals surface area contributed by atoms with Crippen LogP contribution in [0.25, 0.3) is 0 Å². The van der Waals surface area contributed by atoms with Crippen LogP contribution < -0.4 is 14.2 Å². The van der Waals surface area contributed by atoms with E-state index < -0.39 is 0 Å². The Morgan fingerprint density at radius 2 is 1.23 bits per heavy atom. The van der Waals surface area contributed by atoms with Crippen molar-refractivity contribution in [3.63, 3.8) is 0 Å². The third-order valence-corrected chi connectivity index (χ3v) is 4.25. The molecule has 0 aromatic heterocycles. The zero-order valence-corrected chi connectivity index (χ0v) is 14.8. The molecule has 0 bridgehead atoms. The molecule has 0 saturated carbocycles. The zero-order chi connectivity index (χ0) is 15.9. The summed E-state index contributed by atoms with van der Waals surface area (Å²) in [6.45, 7) is 0. The summed E-state index contributed by atoms with van der Waals surface area (Å²) in [7, 11) is 4.89. The molecule has 2 rings (SSSR count). The highest BCUT2D eigenvalue weighted by atomic mass is 79.9. The van der Waals surface area contributed by atoms with E-state index in [2.05, 4.69) is 40.2 Å². The van der Waals surface area contributed by atoms with Crippen molar-refractivity contribution < 1.29 is 14.2 Å². The van der Waals surface area contributed by atoms with Gasteiger partial charge in [0.2, 0.25) is 5.75 Å². The highest BCUT2D eigenvalue weighted by Crippen LogP contribution is 2.38. The van der Waals surface area contributed by atoms with Crippen molar-refractivity contribution >= 4 is 15.9 Å². The van der Waals surface area contributed by atoms with Crippen LogP contribution in [0.5, 0.6) is 17.2 Å². The van der Waals surface area contributed by atoms with Crippen LogP contribution in [0, 0.1) is 0 Å². The van der Waals surface area contributed by atoms with E-state index in [4.69, 9.17) is 14.2 Å². The number of halogens is 1. The molecule has 0 unspecified atom stereocenters. The Balaban J connectivity index is 2.14. The van der Waals surface area contributed by atoms with Crippen LogP contribution in [0.4, 0.5) is 0 Å². The summed E-state index contributed by atoms with van der Waals surface area (Å²) < 4.78 is 16.1. The minimum Gasteiger partial charge on any atom is -0.493 e. The Labute approximate surface area is 140 Å². The Bertz CT molecular complexity index is 583. The lowest BCUT2D eigenvalue weighted by atomic mass is 10.0. The predicted molar refractivity (Wildman–Crippen MR) is 92.6 cm³/mol. The lowest BCUT2D eigenvalue weighted by Gasteiger charge is -2.14. The molecule has 22 heavy (non-hydrogen) atoms. The van der Waals surface area contributed by atoms with Crippen molar-refractivity contribution in [2.24, 2.45) is 0 Å². The molecule has 2 aromatic rings. The van der Waals surface area contributed by atoms with Gasteiger partial charge in [-0.25, -0.2) is 0 Å². The van der Waals surface area contributed by atoms with E-state index in [1.807, 2.05) is 12.1 Å². The molecule has 0 aliphatic carbocycles. The van der Waals surface area contributed by atoms with Gasteiger partial charge in [-0.1, -0.05) is 40.2 Å². The van der Waals surface area contributed by atoms with Gasteiger partial charge in [0.25, 0.3) is 0 Å². The Morgan fingerprint density at radius 1 is 0.727 bits per heavy atom. The van der Waals surface area contributed by atoms with Gasteiger partial charge < -0.3 is 14.2 Å². The SMILES string of the molecule is COc1cc(CCc2ccc(CBr)cc2)cc(OC)c1OC. The predicted octanol–water partition coefficient (Wildman–Crippen LogP) is 4.39. The smallest absolute Gasteiger partial charge is 0.203 e. The summed E-state index contributed by atoms with van der Waals surface area (Å²) >= 11 is 3.46. The van der Waals surface area contributed by atoms with Crippen molar-refractivity contribution in [1.82, 2.24) is 0 Å². The fraction of sp³-hybridized carbons (Fsp3) is 0.333. The van der Waals surface area contributed by atoms with Crippen LogP contribution in [0.1, 0.15) is 16.7 Å². The number of hydrogen-bond acceptors (Lipinski definition) is 3. The molecule has 118 valence electrons. The number of hydrogen-bond donors (Lipinski definition) is 0. The lowest BCUT2D eigenvalue weighted by molar-refractivity contribution is 0.324. The maximum absolute atomic E-state index is 5.39. The van der Waals surface area contributed by atoms with Gasteiger partial charge >= 0.3 is 0 Å². The fourth-order valence-electron chi connectivity index (χ4n) is 2.36. The maximum Gasteiger partial charge on any atom is 0.203 e. The first-order valence-corrected chi connectivity index (χ1v) is 8.26. The molecule has 3 nitrogen and oxygen atoms in total. The first-order chi connectivity index (χ1) is 10.7.